The van der Waals surface area contributed by atoms with Crippen LogP contribution in [0.25, 0.3) is 10.6 Å². The highest BCUT2D eigenvalue weighted by atomic mass is 32.1. The molecule has 3 aromatic heterocycles. The topological polar surface area (TPSA) is 65.5 Å². The lowest BCUT2D eigenvalue weighted by atomic mass is 9.96. The number of rotatable bonds is 6. The zero-order valence-electron chi connectivity index (χ0n) is 18.8. The summed E-state index contributed by atoms with van der Waals surface area (Å²) in [4.78, 5) is 33.3. The number of carbonyl (C=O) groups is 1. The van der Waals surface area contributed by atoms with Gasteiger partial charge >= 0.3 is 0 Å². The summed E-state index contributed by atoms with van der Waals surface area (Å²) in [6.45, 7) is 6.92. The lowest BCUT2D eigenvalue weighted by molar-refractivity contribution is -0.132. The fraction of sp³-hybridized carbons (Fsp3) is 0.440. The molecule has 1 unspecified atom stereocenters. The van der Waals surface area contributed by atoms with Crippen LogP contribution in [0.3, 0.4) is 0 Å². The van der Waals surface area contributed by atoms with Gasteiger partial charge < -0.3 is 9.80 Å². The number of pyridine rings is 2. The van der Waals surface area contributed by atoms with Crippen LogP contribution in [0.2, 0.25) is 0 Å². The molecule has 3 aromatic rings. The number of hydrogen-bond donors (Lipinski definition) is 0. The minimum atomic E-state index is 0.197. The van der Waals surface area contributed by atoms with Gasteiger partial charge in [0.15, 0.2) is 0 Å². The Labute approximate surface area is 199 Å². The van der Waals surface area contributed by atoms with Crippen molar-refractivity contribution < 1.29 is 4.79 Å². The Kier molecular flexibility index (Phi) is 6.92. The van der Waals surface area contributed by atoms with Gasteiger partial charge in [-0.05, 0) is 43.0 Å². The van der Waals surface area contributed by atoms with Gasteiger partial charge in [-0.2, -0.15) is 0 Å². The van der Waals surface area contributed by atoms with Gasteiger partial charge in [-0.25, -0.2) is 9.97 Å². The molecule has 172 valence electrons. The van der Waals surface area contributed by atoms with Crippen LogP contribution >= 0.6 is 11.3 Å². The van der Waals surface area contributed by atoms with Crippen molar-refractivity contribution in [3.05, 3.63) is 60.0 Å². The zero-order chi connectivity index (χ0) is 22.5. The third-order valence-corrected chi connectivity index (χ3v) is 7.47. The summed E-state index contributed by atoms with van der Waals surface area (Å²) in [5.41, 5.74) is 1.86. The molecule has 7 nitrogen and oxygen atoms in total. The largest absolute Gasteiger partial charge is 0.354 e. The standard InChI is InChI=1S/C25H30N6OS/c32-24(15-22-19-33-25(28-22)21-6-3-8-26-16-21)31-10-4-5-20(18-31)17-29-11-13-30(14-12-29)23-7-1-2-9-27-23/h1-3,6-9,16,19-20H,4-5,10-15,17-18H2. The molecular weight excluding hydrogens is 432 g/mol. The number of piperidine rings is 1. The van der Waals surface area contributed by atoms with Crippen molar-refractivity contribution in [3.63, 3.8) is 0 Å². The third kappa shape index (κ3) is 5.57. The van der Waals surface area contributed by atoms with Crippen molar-refractivity contribution in [3.8, 4) is 10.6 Å². The van der Waals surface area contributed by atoms with Gasteiger partial charge in [-0.1, -0.05) is 6.07 Å². The second-order valence-corrected chi connectivity index (χ2v) is 9.74. The number of thiazole rings is 1. The van der Waals surface area contributed by atoms with Gasteiger partial charge in [0.25, 0.3) is 0 Å². The van der Waals surface area contributed by atoms with Crippen molar-refractivity contribution in [2.24, 2.45) is 5.92 Å². The van der Waals surface area contributed by atoms with E-state index in [2.05, 4.69) is 35.7 Å². The molecule has 0 aromatic carbocycles. The van der Waals surface area contributed by atoms with Crippen LogP contribution in [0.5, 0.6) is 0 Å². The maximum Gasteiger partial charge on any atom is 0.228 e. The summed E-state index contributed by atoms with van der Waals surface area (Å²) in [6, 6.07) is 10.0. The Morgan fingerprint density at radius 2 is 1.97 bits per heavy atom. The summed E-state index contributed by atoms with van der Waals surface area (Å²) in [5.74, 6) is 1.81. The van der Waals surface area contributed by atoms with E-state index in [0.29, 0.717) is 12.3 Å². The monoisotopic (exact) mass is 462 g/mol. The fourth-order valence-corrected chi connectivity index (χ4v) is 5.59. The zero-order valence-corrected chi connectivity index (χ0v) is 19.7. The van der Waals surface area contributed by atoms with Crippen molar-refractivity contribution in [1.82, 2.24) is 24.8 Å². The van der Waals surface area contributed by atoms with E-state index in [9.17, 15) is 4.79 Å². The molecule has 1 amide bonds. The molecule has 0 aliphatic carbocycles. The third-order valence-electron chi connectivity index (χ3n) is 6.53. The quantitative estimate of drug-likeness (QED) is 0.561. The highest BCUT2D eigenvalue weighted by Crippen LogP contribution is 2.24. The fourth-order valence-electron chi connectivity index (χ4n) is 4.78. The highest BCUT2D eigenvalue weighted by Gasteiger charge is 2.27. The molecule has 0 bridgehead atoms. The molecule has 0 N–H and O–H groups in total. The van der Waals surface area contributed by atoms with Gasteiger partial charge in [-0.3, -0.25) is 14.7 Å². The molecule has 1 atom stereocenters. The molecule has 5 heterocycles. The number of aromatic nitrogens is 3. The summed E-state index contributed by atoms with van der Waals surface area (Å²) >= 11 is 1.58. The lowest BCUT2D eigenvalue weighted by Gasteiger charge is -2.39. The Balaban J connectivity index is 1.11. The lowest BCUT2D eigenvalue weighted by Crippen LogP contribution is -2.50. The van der Waals surface area contributed by atoms with Crippen LogP contribution in [-0.2, 0) is 11.2 Å². The summed E-state index contributed by atoms with van der Waals surface area (Å²) in [5, 5.41) is 2.93. The van der Waals surface area contributed by atoms with Crippen LogP contribution < -0.4 is 4.90 Å². The first-order chi connectivity index (χ1) is 16.2. The van der Waals surface area contributed by atoms with E-state index in [0.717, 1.165) is 74.3 Å². The molecule has 2 fully saturated rings. The molecule has 2 aliphatic rings. The van der Waals surface area contributed by atoms with Gasteiger partial charge in [0.1, 0.15) is 10.8 Å². The maximum atomic E-state index is 13.0. The van der Waals surface area contributed by atoms with Crippen molar-refractivity contribution in [2.75, 3.05) is 50.7 Å². The molecular formula is C25H30N6OS. The van der Waals surface area contributed by atoms with Crippen molar-refractivity contribution in [2.45, 2.75) is 19.3 Å². The summed E-state index contributed by atoms with van der Waals surface area (Å²) in [6.07, 6.45) is 8.10. The van der Waals surface area contributed by atoms with Crippen LogP contribution in [0.1, 0.15) is 18.5 Å². The first-order valence-corrected chi connectivity index (χ1v) is 12.6. The van der Waals surface area contributed by atoms with E-state index in [-0.39, 0.29) is 5.91 Å². The molecule has 33 heavy (non-hydrogen) atoms. The molecule has 2 saturated heterocycles. The number of amides is 1. The van der Waals surface area contributed by atoms with E-state index >= 15 is 0 Å². The van der Waals surface area contributed by atoms with E-state index in [1.807, 2.05) is 42.0 Å². The van der Waals surface area contributed by atoms with Crippen molar-refractivity contribution >= 4 is 23.1 Å². The molecule has 8 heteroatoms. The van der Waals surface area contributed by atoms with Gasteiger partial charge in [0.05, 0.1) is 12.1 Å². The SMILES string of the molecule is O=C(Cc1csc(-c2cccnc2)n1)N1CCCC(CN2CCN(c3ccccn3)CC2)C1. The average molecular weight is 463 g/mol. The maximum absolute atomic E-state index is 13.0. The first kappa shape index (κ1) is 22.0. The second-order valence-electron chi connectivity index (χ2n) is 8.89. The predicted octanol–water partition coefficient (Wildman–Crippen LogP) is 3.20. The highest BCUT2D eigenvalue weighted by molar-refractivity contribution is 7.13. The minimum Gasteiger partial charge on any atom is -0.354 e. The first-order valence-electron chi connectivity index (χ1n) is 11.8. The molecule has 0 radical (unpaired) electrons. The predicted molar refractivity (Wildman–Crippen MR) is 131 cm³/mol. The van der Waals surface area contributed by atoms with Crippen LogP contribution in [0, 0.1) is 5.92 Å². The molecule has 5 rings (SSSR count). The van der Waals surface area contributed by atoms with E-state index in [1.165, 1.54) is 6.42 Å². The Morgan fingerprint density at radius 3 is 2.76 bits per heavy atom. The second kappa shape index (κ2) is 10.4. The number of hydrogen-bond acceptors (Lipinski definition) is 7. The van der Waals surface area contributed by atoms with Gasteiger partial charge in [-0.15, -0.1) is 11.3 Å². The normalized spacial score (nSPS) is 19.6. The van der Waals surface area contributed by atoms with E-state index in [1.54, 1.807) is 17.5 Å². The summed E-state index contributed by atoms with van der Waals surface area (Å²) < 4.78 is 0. The number of nitrogens with zero attached hydrogens (tertiary/aromatic N) is 6. The molecule has 0 saturated carbocycles. The van der Waals surface area contributed by atoms with E-state index < -0.39 is 0 Å². The van der Waals surface area contributed by atoms with Crippen LogP contribution in [0.4, 0.5) is 5.82 Å². The van der Waals surface area contributed by atoms with Gasteiger partial charge in [0.2, 0.25) is 5.91 Å². The van der Waals surface area contributed by atoms with Crippen LogP contribution in [0.15, 0.2) is 54.3 Å². The Hall–Kier alpha value is -2.84. The smallest absolute Gasteiger partial charge is 0.228 e. The molecule has 2 aliphatic heterocycles. The summed E-state index contributed by atoms with van der Waals surface area (Å²) in [7, 11) is 0. The Morgan fingerprint density at radius 1 is 1.06 bits per heavy atom. The van der Waals surface area contributed by atoms with E-state index in [4.69, 9.17) is 0 Å². The minimum absolute atomic E-state index is 0.197. The molecule has 0 spiro atoms. The van der Waals surface area contributed by atoms with Gasteiger partial charge in [0, 0.05) is 75.3 Å². The number of anilines is 1. The van der Waals surface area contributed by atoms with Crippen LogP contribution in [-0.4, -0.2) is 76.5 Å². The Bertz CT molecular complexity index is 1040. The number of carbonyl (C=O) groups excluding carboxylic acids is 1. The van der Waals surface area contributed by atoms with Crippen molar-refractivity contribution in [1.29, 1.82) is 0 Å². The number of piperazine rings is 1. The number of likely N-dealkylation sites (tertiary alicyclic amines) is 1. The average Bonchev–Trinajstić information content (AvgIpc) is 3.34.